The van der Waals surface area contributed by atoms with E-state index in [1.807, 2.05) is 0 Å². The number of halogens is 2. The van der Waals surface area contributed by atoms with Crippen LogP contribution >= 0.6 is 0 Å². The maximum Gasteiger partial charge on any atom is 0.126 e. The van der Waals surface area contributed by atoms with E-state index in [-0.39, 0.29) is 18.7 Å². The maximum absolute atomic E-state index is 12.9. The van der Waals surface area contributed by atoms with Crippen LogP contribution in [0.2, 0.25) is 0 Å². The average Bonchev–Trinajstić information content (AvgIpc) is 2.16. The topological polar surface area (TPSA) is 32.3 Å². The minimum Gasteiger partial charge on any atom is -0.395 e. The third kappa shape index (κ3) is 3.57. The van der Waals surface area contributed by atoms with Gasteiger partial charge in [0.25, 0.3) is 0 Å². The summed E-state index contributed by atoms with van der Waals surface area (Å²) in [6.07, 6.45) is 0. The van der Waals surface area contributed by atoms with Gasteiger partial charge in [0.1, 0.15) is 11.6 Å². The van der Waals surface area contributed by atoms with Gasteiger partial charge < -0.3 is 10.4 Å². The van der Waals surface area contributed by atoms with Crippen molar-refractivity contribution in [2.45, 2.75) is 25.9 Å². The summed E-state index contributed by atoms with van der Waals surface area (Å²) in [7, 11) is 0. The largest absolute Gasteiger partial charge is 0.395 e. The second-order valence-corrected chi connectivity index (χ2v) is 3.67. The standard InChI is InChI=1S/C11H15F2NO/c1-7(6-15)14-8(2)9-3-10(12)5-11(13)4-9/h3-5,7-8,14-15H,6H2,1-2H3/t7-,8?/m0/s1. The first-order valence-corrected chi connectivity index (χ1v) is 4.86. The zero-order chi connectivity index (χ0) is 11.4. The predicted molar refractivity (Wildman–Crippen MR) is 54.5 cm³/mol. The molecular weight excluding hydrogens is 200 g/mol. The van der Waals surface area contributed by atoms with Crippen LogP contribution in [0.1, 0.15) is 25.5 Å². The Bertz CT molecular complexity index is 310. The first-order chi connectivity index (χ1) is 7.02. The molecule has 0 amide bonds. The maximum atomic E-state index is 12.9. The first-order valence-electron chi connectivity index (χ1n) is 4.86. The van der Waals surface area contributed by atoms with Crippen molar-refractivity contribution in [2.24, 2.45) is 0 Å². The van der Waals surface area contributed by atoms with Gasteiger partial charge in [-0.1, -0.05) is 0 Å². The van der Waals surface area contributed by atoms with Gasteiger partial charge in [-0.15, -0.1) is 0 Å². The molecule has 0 fully saturated rings. The fourth-order valence-corrected chi connectivity index (χ4v) is 1.40. The molecule has 0 heterocycles. The molecule has 0 aliphatic heterocycles. The van der Waals surface area contributed by atoms with E-state index < -0.39 is 11.6 Å². The molecule has 1 unspecified atom stereocenters. The average molecular weight is 215 g/mol. The lowest BCUT2D eigenvalue weighted by atomic mass is 10.1. The SMILES string of the molecule is CC(N[C@@H](C)CO)c1cc(F)cc(F)c1. The molecule has 1 aromatic carbocycles. The zero-order valence-electron chi connectivity index (χ0n) is 8.80. The molecule has 15 heavy (non-hydrogen) atoms. The second kappa shape index (κ2) is 5.19. The van der Waals surface area contributed by atoms with Crippen LogP contribution in [0.5, 0.6) is 0 Å². The number of benzene rings is 1. The first kappa shape index (κ1) is 12.1. The number of aliphatic hydroxyl groups excluding tert-OH is 1. The predicted octanol–water partition coefficient (Wildman–Crippen LogP) is 2.00. The Morgan fingerprint density at radius 1 is 1.20 bits per heavy atom. The Kier molecular flexibility index (Phi) is 4.17. The lowest BCUT2D eigenvalue weighted by Gasteiger charge is -2.18. The third-order valence-electron chi connectivity index (χ3n) is 2.19. The van der Waals surface area contributed by atoms with Crippen LogP contribution in [0.3, 0.4) is 0 Å². The second-order valence-electron chi connectivity index (χ2n) is 3.67. The minimum atomic E-state index is -0.588. The fourth-order valence-electron chi connectivity index (χ4n) is 1.40. The molecule has 0 radical (unpaired) electrons. The van der Waals surface area contributed by atoms with Crippen molar-refractivity contribution in [3.63, 3.8) is 0 Å². The van der Waals surface area contributed by atoms with Gasteiger partial charge in [-0.25, -0.2) is 8.78 Å². The molecule has 1 aromatic rings. The molecule has 0 saturated heterocycles. The summed E-state index contributed by atoms with van der Waals surface area (Å²) in [4.78, 5) is 0. The number of nitrogens with one attached hydrogen (secondary N) is 1. The highest BCUT2D eigenvalue weighted by Crippen LogP contribution is 2.16. The normalized spacial score (nSPS) is 15.0. The number of hydrogen-bond donors (Lipinski definition) is 2. The number of hydrogen-bond acceptors (Lipinski definition) is 2. The summed E-state index contributed by atoms with van der Waals surface area (Å²) in [5.41, 5.74) is 0.535. The van der Waals surface area contributed by atoms with E-state index in [2.05, 4.69) is 5.32 Å². The Hall–Kier alpha value is -1.00. The Labute approximate surface area is 87.9 Å². The van der Waals surface area contributed by atoms with E-state index in [4.69, 9.17) is 5.11 Å². The highest BCUT2D eigenvalue weighted by Gasteiger charge is 2.10. The lowest BCUT2D eigenvalue weighted by molar-refractivity contribution is 0.243. The molecule has 0 aliphatic rings. The van der Waals surface area contributed by atoms with Gasteiger partial charge in [0.05, 0.1) is 6.61 Å². The Morgan fingerprint density at radius 2 is 1.73 bits per heavy atom. The third-order valence-corrected chi connectivity index (χ3v) is 2.19. The highest BCUT2D eigenvalue weighted by atomic mass is 19.1. The van der Waals surface area contributed by atoms with Crippen LogP contribution in [-0.4, -0.2) is 17.8 Å². The van der Waals surface area contributed by atoms with E-state index in [1.54, 1.807) is 13.8 Å². The molecule has 1 rings (SSSR count). The molecule has 2 N–H and O–H groups in total. The van der Waals surface area contributed by atoms with E-state index >= 15 is 0 Å². The minimum absolute atomic E-state index is 0.0118. The molecule has 84 valence electrons. The Balaban J connectivity index is 2.77. The van der Waals surface area contributed by atoms with Gasteiger partial charge in [-0.05, 0) is 31.5 Å². The highest BCUT2D eigenvalue weighted by molar-refractivity contribution is 5.20. The zero-order valence-corrected chi connectivity index (χ0v) is 8.80. The molecule has 4 heteroatoms. The van der Waals surface area contributed by atoms with Crippen molar-refractivity contribution in [1.29, 1.82) is 0 Å². The number of rotatable bonds is 4. The molecule has 0 aromatic heterocycles. The molecule has 2 atom stereocenters. The van der Waals surface area contributed by atoms with Crippen LogP contribution in [0.25, 0.3) is 0 Å². The smallest absolute Gasteiger partial charge is 0.126 e. The van der Waals surface area contributed by atoms with Crippen molar-refractivity contribution < 1.29 is 13.9 Å². The summed E-state index contributed by atoms with van der Waals surface area (Å²) in [5.74, 6) is -1.18. The van der Waals surface area contributed by atoms with Crippen LogP contribution in [0.15, 0.2) is 18.2 Å². The van der Waals surface area contributed by atoms with E-state index in [9.17, 15) is 8.78 Å². The van der Waals surface area contributed by atoms with Crippen molar-refractivity contribution in [3.05, 3.63) is 35.4 Å². The number of aliphatic hydroxyl groups is 1. The summed E-state index contributed by atoms with van der Waals surface area (Å²) >= 11 is 0. The molecule has 2 nitrogen and oxygen atoms in total. The summed E-state index contributed by atoms with van der Waals surface area (Å²) < 4.78 is 25.8. The summed E-state index contributed by atoms with van der Waals surface area (Å²) in [6.45, 7) is 3.58. The summed E-state index contributed by atoms with van der Waals surface area (Å²) in [6, 6.07) is 3.10. The monoisotopic (exact) mass is 215 g/mol. The van der Waals surface area contributed by atoms with Crippen LogP contribution in [0.4, 0.5) is 8.78 Å². The van der Waals surface area contributed by atoms with Gasteiger partial charge in [0.2, 0.25) is 0 Å². The molecule has 0 spiro atoms. The van der Waals surface area contributed by atoms with Gasteiger partial charge in [-0.3, -0.25) is 0 Å². The molecule has 0 saturated carbocycles. The quantitative estimate of drug-likeness (QED) is 0.805. The Morgan fingerprint density at radius 3 is 2.20 bits per heavy atom. The molecular formula is C11H15F2NO. The van der Waals surface area contributed by atoms with Crippen molar-refractivity contribution in [2.75, 3.05) is 6.61 Å². The van der Waals surface area contributed by atoms with Gasteiger partial charge in [-0.2, -0.15) is 0 Å². The van der Waals surface area contributed by atoms with Crippen LogP contribution < -0.4 is 5.32 Å². The van der Waals surface area contributed by atoms with Crippen molar-refractivity contribution in [3.8, 4) is 0 Å². The van der Waals surface area contributed by atoms with E-state index in [1.165, 1.54) is 12.1 Å². The van der Waals surface area contributed by atoms with Gasteiger partial charge >= 0.3 is 0 Å². The van der Waals surface area contributed by atoms with Crippen LogP contribution in [-0.2, 0) is 0 Å². The van der Waals surface area contributed by atoms with Crippen molar-refractivity contribution in [1.82, 2.24) is 5.32 Å². The van der Waals surface area contributed by atoms with Gasteiger partial charge in [0, 0.05) is 18.2 Å². The summed E-state index contributed by atoms with van der Waals surface area (Å²) in [5, 5.41) is 11.8. The van der Waals surface area contributed by atoms with E-state index in [0.29, 0.717) is 5.56 Å². The van der Waals surface area contributed by atoms with Crippen LogP contribution in [0, 0.1) is 11.6 Å². The molecule has 0 aliphatic carbocycles. The lowest BCUT2D eigenvalue weighted by Crippen LogP contribution is -2.31. The fraction of sp³-hybridized carbons (Fsp3) is 0.455. The van der Waals surface area contributed by atoms with Crippen molar-refractivity contribution >= 4 is 0 Å². The van der Waals surface area contributed by atoms with E-state index in [0.717, 1.165) is 6.07 Å². The van der Waals surface area contributed by atoms with Gasteiger partial charge in [0.15, 0.2) is 0 Å². The molecule has 0 bridgehead atoms.